The number of rotatable bonds is 3. The van der Waals surface area contributed by atoms with Crippen LogP contribution in [0.2, 0.25) is 0 Å². The van der Waals surface area contributed by atoms with E-state index >= 15 is 0 Å². The molecule has 27 heavy (non-hydrogen) atoms. The molecule has 4 aliphatic carbocycles. The van der Waals surface area contributed by atoms with Crippen molar-refractivity contribution in [2.24, 2.45) is 23.7 Å². The van der Waals surface area contributed by atoms with Gasteiger partial charge in [-0.1, -0.05) is 36.4 Å². The van der Waals surface area contributed by atoms with Crippen molar-refractivity contribution in [1.29, 1.82) is 0 Å². The van der Waals surface area contributed by atoms with E-state index in [0.29, 0.717) is 0 Å². The van der Waals surface area contributed by atoms with E-state index in [1.165, 1.54) is 36.8 Å². The first-order chi connectivity index (χ1) is 13.0. The lowest BCUT2D eigenvalue weighted by Gasteiger charge is -2.57. The lowest BCUT2D eigenvalue weighted by molar-refractivity contribution is 0.0254. The van der Waals surface area contributed by atoms with Gasteiger partial charge in [0.2, 0.25) is 0 Å². The molecule has 6 rings (SSSR count). The zero-order chi connectivity index (χ0) is 18.7. The third-order valence-corrected chi connectivity index (χ3v) is 11.6. The van der Waals surface area contributed by atoms with Gasteiger partial charge in [-0.15, -0.1) is 0 Å². The Hall–Kier alpha value is -1.13. The van der Waals surface area contributed by atoms with Gasteiger partial charge < -0.3 is 0 Å². The molecule has 0 nitrogen and oxygen atoms in total. The molecule has 142 valence electrons. The third-order valence-electron chi connectivity index (χ3n) is 8.15. The van der Waals surface area contributed by atoms with E-state index in [-0.39, 0.29) is 7.92 Å². The molecule has 0 amide bonds. The average molecular weight is 377 g/mol. The van der Waals surface area contributed by atoms with Crippen molar-refractivity contribution < 1.29 is 0 Å². The topological polar surface area (TPSA) is 0 Å². The second-order valence-corrected chi connectivity index (χ2v) is 12.0. The fourth-order valence-corrected chi connectivity index (χ4v) is 10.6. The van der Waals surface area contributed by atoms with E-state index in [1.54, 1.807) is 28.2 Å². The summed E-state index contributed by atoms with van der Waals surface area (Å²) in [6.07, 6.45) is 7.63. The van der Waals surface area contributed by atoms with Crippen LogP contribution < -0.4 is 10.6 Å². The zero-order valence-electron chi connectivity index (χ0n) is 17.3. The zero-order valence-corrected chi connectivity index (χ0v) is 18.2. The van der Waals surface area contributed by atoms with Gasteiger partial charge in [-0.3, -0.25) is 0 Å². The number of benzene rings is 2. The predicted molar refractivity (Wildman–Crippen MR) is 119 cm³/mol. The fourth-order valence-electron chi connectivity index (χ4n) is 6.76. The van der Waals surface area contributed by atoms with E-state index in [2.05, 4.69) is 64.1 Å². The number of hydrogen-bond acceptors (Lipinski definition) is 0. The quantitative estimate of drug-likeness (QED) is 0.561. The summed E-state index contributed by atoms with van der Waals surface area (Å²) in [5.74, 6) is 4.06. The first-order valence-electron chi connectivity index (χ1n) is 10.9. The van der Waals surface area contributed by atoms with Gasteiger partial charge in [-0.05, 0) is 130 Å². The fraction of sp³-hybridized carbons (Fsp3) is 0.538. The number of hydrogen-bond donors (Lipinski definition) is 0. The summed E-state index contributed by atoms with van der Waals surface area (Å²) >= 11 is 0. The lowest BCUT2D eigenvalue weighted by atomic mass is 9.56. The largest absolute Gasteiger partial charge is 0.0613 e. The van der Waals surface area contributed by atoms with E-state index in [4.69, 9.17) is 0 Å². The highest BCUT2D eigenvalue weighted by molar-refractivity contribution is 7.73. The summed E-state index contributed by atoms with van der Waals surface area (Å²) in [4.78, 5) is 0. The van der Waals surface area contributed by atoms with E-state index < -0.39 is 0 Å². The molecule has 2 aromatic rings. The van der Waals surface area contributed by atoms with E-state index in [1.807, 2.05) is 0 Å². The standard InChI is InChI=1S/C26H33P/c1-16-7-5-9-24(18(16)3)27(25-10-6-8-17(2)19(25)4)26-22-12-20-11-21(14-22)15-23(26)13-20/h5-10,20-23,26H,11-15H2,1-4H3. The molecular weight excluding hydrogens is 343 g/mol. The third kappa shape index (κ3) is 2.91. The monoisotopic (exact) mass is 376 g/mol. The van der Waals surface area contributed by atoms with Gasteiger partial charge >= 0.3 is 0 Å². The Balaban J connectivity index is 1.67. The molecule has 1 heteroatoms. The van der Waals surface area contributed by atoms with Crippen LogP contribution in [0.1, 0.15) is 54.4 Å². The second kappa shape index (κ2) is 6.73. The van der Waals surface area contributed by atoms with Crippen molar-refractivity contribution in [2.45, 2.75) is 65.5 Å². The van der Waals surface area contributed by atoms with Crippen molar-refractivity contribution in [3.05, 3.63) is 58.7 Å². The molecular formula is C26H33P. The molecule has 0 unspecified atom stereocenters. The molecule has 0 N–H and O–H groups in total. The van der Waals surface area contributed by atoms with Crippen molar-refractivity contribution in [2.75, 3.05) is 0 Å². The molecule has 4 aliphatic rings. The lowest BCUT2D eigenvalue weighted by Crippen LogP contribution is -2.49. The Bertz CT molecular complexity index is 785. The maximum Gasteiger partial charge on any atom is -0.00715 e. The molecule has 2 aromatic carbocycles. The van der Waals surface area contributed by atoms with Crippen LogP contribution >= 0.6 is 7.92 Å². The summed E-state index contributed by atoms with van der Waals surface area (Å²) in [6, 6.07) is 14.2. The highest BCUT2D eigenvalue weighted by atomic mass is 31.1. The Morgan fingerprint density at radius 2 is 1.07 bits per heavy atom. The highest BCUT2D eigenvalue weighted by Gasteiger charge is 2.51. The average Bonchev–Trinajstić information content (AvgIpc) is 2.63. The van der Waals surface area contributed by atoms with Crippen LogP contribution in [0.4, 0.5) is 0 Å². The SMILES string of the molecule is Cc1cccc(P(c2cccc(C)c2C)C2C3CC4CC(C3)CC2C4)c1C. The molecule has 0 aliphatic heterocycles. The molecule has 0 heterocycles. The van der Waals surface area contributed by atoms with Crippen molar-refractivity contribution >= 4 is 18.5 Å². The maximum atomic E-state index is 2.47. The highest BCUT2D eigenvalue weighted by Crippen LogP contribution is 2.63. The van der Waals surface area contributed by atoms with Gasteiger partial charge in [0.1, 0.15) is 0 Å². The summed E-state index contributed by atoms with van der Waals surface area (Å²) in [6.45, 7) is 9.35. The minimum absolute atomic E-state index is 0.275. The molecule has 0 aromatic heterocycles. The molecule has 0 radical (unpaired) electrons. The first kappa shape index (κ1) is 17.9. The molecule has 0 saturated heterocycles. The Kier molecular flexibility index (Phi) is 4.47. The van der Waals surface area contributed by atoms with Gasteiger partial charge in [-0.2, -0.15) is 0 Å². The predicted octanol–water partition coefficient (Wildman–Crippen LogP) is 6.18. The van der Waals surface area contributed by atoms with Crippen LogP contribution in [0.15, 0.2) is 36.4 Å². The minimum atomic E-state index is -0.275. The Labute approximate surface area is 166 Å². The smallest absolute Gasteiger partial charge is 0.00715 e. The Morgan fingerprint density at radius 1 is 0.630 bits per heavy atom. The van der Waals surface area contributed by atoms with E-state index in [9.17, 15) is 0 Å². The summed E-state index contributed by atoms with van der Waals surface area (Å²) in [5, 5.41) is 3.35. The Morgan fingerprint density at radius 3 is 1.52 bits per heavy atom. The molecule has 4 bridgehead atoms. The van der Waals surface area contributed by atoms with Gasteiger partial charge in [0.25, 0.3) is 0 Å². The second-order valence-electron chi connectivity index (χ2n) is 9.73. The summed E-state index contributed by atoms with van der Waals surface area (Å²) < 4.78 is 0. The van der Waals surface area contributed by atoms with Crippen LogP contribution in [-0.2, 0) is 0 Å². The van der Waals surface area contributed by atoms with Crippen molar-refractivity contribution in [3.8, 4) is 0 Å². The summed E-state index contributed by atoms with van der Waals surface area (Å²) in [5.41, 5.74) is 6.95. The van der Waals surface area contributed by atoms with Crippen molar-refractivity contribution in [1.82, 2.24) is 0 Å². The number of aryl methyl sites for hydroxylation is 2. The summed E-state index contributed by atoms with van der Waals surface area (Å²) in [7, 11) is -0.275. The van der Waals surface area contributed by atoms with Gasteiger partial charge in [0, 0.05) is 0 Å². The molecule has 4 fully saturated rings. The normalized spacial score (nSPS) is 31.7. The van der Waals surface area contributed by atoms with Crippen molar-refractivity contribution in [3.63, 3.8) is 0 Å². The molecule has 4 saturated carbocycles. The van der Waals surface area contributed by atoms with Crippen LogP contribution in [0.25, 0.3) is 0 Å². The van der Waals surface area contributed by atoms with Crippen LogP contribution in [0, 0.1) is 51.4 Å². The first-order valence-corrected chi connectivity index (χ1v) is 12.4. The van der Waals surface area contributed by atoms with Crippen LogP contribution in [-0.4, -0.2) is 5.66 Å². The van der Waals surface area contributed by atoms with Crippen LogP contribution in [0.3, 0.4) is 0 Å². The van der Waals surface area contributed by atoms with Crippen LogP contribution in [0.5, 0.6) is 0 Å². The van der Waals surface area contributed by atoms with Gasteiger partial charge in [0.05, 0.1) is 0 Å². The minimum Gasteiger partial charge on any atom is -0.0613 e. The van der Waals surface area contributed by atoms with Gasteiger partial charge in [-0.25, -0.2) is 0 Å². The maximum absolute atomic E-state index is 2.47. The van der Waals surface area contributed by atoms with Gasteiger partial charge in [0.15, 0.2) is 0 Å². The molecule has 0 spiro atoms. The molecule has 0 atom stereocenters. The van der Waals surface area contributed by atoms with E-state index in [0.717, 1.165) is 29.3 Å².